The molecule has 2 saturated heterocycles. The molecule has 6 rings (SSSR count). The van der Waals surface area contributed by atoms with E-state index >= 15 is 0 Å². The van der Waals surface area contributed by atoms with Crippen molar-refractivity contribution in [1.29, 1.82) is 0 Å². The number of aryl methyl sites for hydroxylation is 2. The summed E-state index contributed by atoms with van der Waals surface area (Å²) < 4.78 is 60.4. The SMILES string of the molecule is CCCOC1COCC(NC(=O)c2c(O)c(OC)cc[n+]2Oc2c(OC)ccnc2C(=O)NC2COCC(OCCCc3ccccc3)C(OCCCc3ccccc3)C(C)OC2=O)C(=O)OC(C)C1OCCC. The van der Waals surface area contributed by atoms with Gasteiger partial charge in [0.15, 0.2) is 29.3 Å². The molecule has 2 fully saturated rings. The van der Waals surface area contributed by atoms with E-state index in [0.29, 0.717) is 39.3 Å². The number of methoxy groups -OCH3 is 2. The lowest BCUT2D eigenvalue weighted by Gasteiger charge is -2.30. The van der Waals surface area contributed by atoms with Crippen LogP contribution in [0, 0.1) is 0 Å². The Morgan fingerprint density at radius 3 is 1.70 bits per heavy atom. The van der Waals surface area contributed by atoms with Crippen LogP contribution in [0.15, 0.2) is 85.2 Å². The number of amides is 2. The maximum Gasteiger partial charge on any atom is 0.367 e. The van der Waals surface area contributed by atoms with Crippen molar-refractivity contribution in [3.8, 4) is 23.0 Å². The Balaban J connectivity index is 1.19. The molecule has 0 radical (unpaired) electrons. The third-order valence-electron chi connectivity index (χ3n) is 12.1. The van der Waals surface area contributed by atoms with Crippen LogP contribution < -0.4 is 29.7 Å². The number of pyridine rings is 2. The molecule has 0 spiro atoms. The van der Waals surface area contributed by atoms with Crippen LogP contribution in [0.3, 0.4) is 0 Å². The third kappa shape index (κ3) is 16.0. The van der Waals surface area contributed by atoms with Crippen molar-refractivity contribution in [2.45, 2.75) is 115 Å². The van der Waals surface area contributed by atoms with Crippen LogP contribution in [0.4, 0.5) is 0 Å². The fourth-order valence-electron chi connectivity index (χ4n) is 8.34. The number of aromatic hydroxyl groups is 1. The summed E-state index contributed by atoms with van der Waals surface area (Å²) in [4.78, 5) is 66.7. The molecule has 3 N–H and O–H groups in total. The number of carbonyl (C=O) groups is 4. The lowest BCUT2D eigenvalue weighted by Crippen LogP contribution is -2.52. The minimum atomic E-state index is -1.38. The van der Waals surface area contributed by atoms with E-state index in [2.05, 4.69) is 39.9 Å². The summed E-state index contributed by atoms with van der Waals surface area (Å²) in [5, 5.41) is 16.7. The minimum absolute atomic E-state index is 0.0156. The van der Waals surface area contributed by atoms with Crippen molar-refractivity contribution < 1.29 is 81.2 Å². The number of hydrogen-bond donors (Lipinski definition) is 3. The summed E-state index contributed by atoms with van der Waals surface area (Å²) in [7, 11) is 2.60. The molecule has 2 aliphatic heterocycles. The van der Waals surface area contributed by atoms with Gasteiger partial charge in [0.25, 0.3) is 11.7 Å². The van der Waals surface area contributed by atoms with Crippen LogP contribution in [0.25, 0.3) is 0 Å². The van der Waals surface area contributed by atoms with Crippen LogP contribution >= 0.6 is 0 Å². The first-order valence-corrected chi connectivity index (χ1v) is 25.2. The van der Waals surface area contributed by atoms with Gasteiger partial charge in [-0.3, -0.25) is 9.59 Å². The molecule has 2 aromatic heterocycles. The second-order valence-corrected chi connectivity index (χ2v) is 17.8. The summed E-state index contributed by atoms with van der Waals surface area (Å²) in [5.74, 6) is -4.75. The van der Waals surface area contributed by atoms with E-state index in [0.717, 1.165) is 30.4 Å². The molecule has 0 bridgehead atoms. The zero-order chi connectivity index (χ0) is 52.8. The van der Waals surface area contributed by atoms with E-state index in [9.17, 15) is 24.3 Å². The van der Waals surface area contributed by atoms with E-state index in [1.807, 2.05) is 50.2 Å². The predicted octanol–water partition coefficient (Wildman–Crippen LogP) is 4.68. The average Bonchev–Trinajstić information content (AvgIpc) is 3.48. The van der Waals surface area contributed by atoms with Crippen molar-refractivity contribution in [3.05, 3.63) is 108 Å². The second-order valence-electron chi connectivity index (χ2n) is 17.8. The molecule has 4 heterocycles. The van der Waals surface area contributed by atoms with Gasteiger partial charge in [-0.1, -0.05) is 74.5 Å². The van der Waals surface area contributed by atoms with Crippen molar-refractivity contribution in [3.63, 3.8) is 0 Å². The Labute approximate surface area is 432 Å². The highest BCUT2D eigenvalue weighted by atomic mass is 16.7. The molecule has 20 nitrogen and oxygen atoms in total. The molecular weight excluding hydrogens is 961 g/mol. The molecule has 2 amide bonds. The van der Waals surface area contributed by atoms with Gasteiger partial charge in [0.1, 0.15) is 36.6 Å². The highest BCUT2D eigenvalue weighted by molar-refractivity contribution is 5.98. The first kappa shape index (κ1) is 56.9. The summed E-state index contributed by atoms with van der Waals surface area (Å²) >= 11 is 0. The van der Waals surface area contributed by atoms with Crippen molar-refractivity contribution >= 4 is 23.8 Å². The normalized spacial score (nSPS) is 22.5. The van der Waals surface area contributed by atoms with Crippen LogP contribution in [0.5, 0.6) is 23.0 Å². The first-order chi connectivity index (χ1) is 36.0. The first-order valence-electron chi connectivity index (χ1n) is 25.2. The summed E-state index contributed by atoms with van der Waals surface area (Å²) in [6, 6.07) is 20.1. The fourth-order valence-corrected chi connectivity index (χ4v) is 8.34. The molecule has 4 aromatic rings. The number of esters is 2. The predicted molar refractivity (Wildman–Crippen MR) is 266 cm³/mol. The number of cyclic esters (lactones) is 2. The molecule has 402 valence electrons. The number of aromatic nitrogens is 2. The number of hydrogen-bond acceptors (Lipinski definition) is 17. The zero-order valence-corrected chi connectivity index (χ0v) is 43.1. The number of benzene rings is 2. The maximum atomic E-state index is 14.3. The molecule has 8 atom stereocenters. The highest BCUT2D eigenvalue weighted by Crippen LogP contribution is 2.32. The molecule has 2 aromatic carbocycles. The van der Waals surface area contributed by atoms with Gasteiger partial charge in [-0.05, 0) is 63.5 Å². The highest BCUT2D eigenvalue weighted by Gasteiger charge is 2.41. The van der Waals surface area contributed by atoms with E-state index in [4.69, 9.17) is 52.2 Å². The fraction of sp³-hybridized carbons (Fsp3) is 0.519. The standard InChI is InChI=1S/C54H70N4O16/c1-7-27-68-43-33-67-32-40(54(63)72-35(3)48(43)70-28-8-2)57-52(61)46-47(59)41(64-5)24-26-58(46)74-50-42(65-6)23-25-55-45(50)51(60)56-39-31-66-34-44(69-29-15-21-37-17-11-9-12-18-37)49(36(4)73-53(39)62)71-30-16-22-38-19-13-10-14-20-38/h9-14,17-20,23-26,35-36,39-40,43-44,48-49H,7-8,15-16,21-22,27-34H2,1-6H3,(H2-,56,57,59,60,61)/p+1. The number of ether oxygens (including phenoxy) is 10. The number of nitrogens with zero attached hydrogens (tertiary/aromatic N) is 2. The number of rotatable bonds is 24. The molecule has 20 heteroatoms. The second kappa shape index (κ2) is 29.5. The number of carbonyl (C=O) groups excluding carboxylic acids is 4. The van der Waals surface area contributed by atoms with Gasteiger partial charge in [0.05, 0.1) is 46.7 Å². The monoisotopic (exact) mass is 1030 g/mol. The maximum absolute atomic E-state index is 14.3. The van der Waals surface area contributed by atoms with Gasteiger partial charge in [0.2, 0.25) is 11.9 Å². The van der Waals surface area contributed by atoms with Gasteiger partial charge >= 0.3 is 23.5 Å². The number of nitrogens with one attached hydrogen (secondary N) is 2. The average molecular weight is 1030 g/mol. The van der Waals surface area contributed by atoms with Gasteiger partial charge in [-0.25, -0.2) is 19.4 Å². The third-order valence-corrected chi connectivity index (χ3v) is 12.1. The Morgan fingerprint density at radius 2 is 1.16 bits per heavy atom. The lowest BCUT2D eigenvalue weighted by atomic mass is 10.1. The molecule has 8 unspecified atom stereocenters. The Morgan fingerprint density at radius 1 is 0.662 bits per heavy atom. The molecule has 0 saturated carbocycles. The van der Waals surface area contributed by atoms with Gasteiger partial charge in [-0.15, -0.1) is 0 Å². The molecular formula is C54H71N4O16+. The van der Waals surface area contributed by atoms with Crippen LogP contribution in [-0.4, -0.2) is 150 Å². The summed E-state index contributed by atoms with van der Waals surface area (Å²) in [6.45, 7) is 8.26. The van der Waals surface area contributed by atoms with Gasteiger partial charge in [-0.2, -0.15) is 0 Å². The van der Waals surface area contributed by atoms with Gasteiger partial charge in [0, 0.05) is 43.4 Å². The summed E-state index contributed by atoms with van der Waals surface area (Å²) in [5.41, 5.74) is 1.39. The van der Waals surface area contributed by atoms with E-state index in [-0.39, 0.29) is 49.4 Å². The molecule has 74 heavy (non-hydrogen) atoms. The Bertz CT molecular complexity index is 2400. The van der Waals surface area contributed by atoms with Crippen LogP contribution in [0.1, 0.15) is 85.5 Å². The van der Waals surface area contributed by atoms with Crippen molar-refractivity contribution in [1.82, 2.24) is 15.6 Å². The lowest BCUT2D eigenvalue weighted by molar-refractivity contribution is -0.876. The zero-order valence-electron chi connectivity index (χ0n) is 43.1. The minimum Gasteiger partial charge on any atom is -0.499 e. The van der Waals surface area contributed by atoms with E-state index in [1.165, 1.54) is 49.9 Å². The molecule has 0 aliphatic carbocycles. The largest absolute Gasteiger partial charge is 0.499 e. The van der Waals surface area contributed by atoms with Crippen LogP contribution in [-0.2, 0) is 60.3 Å². The molecule has 2 aliphatic rings. The van der Waals surface area contributed by atoms with Crippen LogP contribution in [0.2, 0.25) is 0 Å². The Hall–Kier alpha value is -6.42. The summed E-state index contributed by atoms with van der Waals surface area (Å²) in [6.07, 6.45) is 2.78. The quantitative estimate of drug-likeness (QED) is 0.0491. The van der Waals surface area contributed by atoms with Crippen molar-refractivity contribution in [2.75, 3.05) is 67.1 Å². The van der Waals surface area contributed by atoms with Gasteiger partial charge < -0.3 is 63.1 Å². The smallest absolute Gasteiger partial charge is 0.367 e. The Kier molecular flexibility index (Phi) is 22.6. The van der Waals surface area contributed by atoms with Crippen molar-refractivity contribution in [2.24, 2.45) is 0 Å². The van der Waals surface area contributed by atoms with E-state index in [1.54, 1.807) is 13.8 Å². The topological polar surface area (TPSA) is 231 Å². The van der Waals surface area contributed by atoms with E-state index < -0.39 is 83.9 Å².